The smallest absolute Gasteiger partial charge is 0.229 e. The first kappa shape index (κ1) is 21.9. The van der Waals surface area contributed by atoms with Crippen LogP contribution in [0.25, 0.3) is 22.8 Å². The van der Waals surface area contributed by atoms with Crippen LogP contribution in [-0.2, 0) is 11.3 Å². The molecule has 1 aliphatic heterocycles. The summed E-state index contributed by atoms with van der Waals surface area (Å²) < 4.78 is 7.29. The average Bonchev–Trinajstić information content (AvgIpc) is 3.31. The van der Waals surface area contributed by atoms with Gasteiger partial charge in [0.25, 0.3) is 0 Å². The maximum absolute atomic E-state index is 6.25. The second kappa shape index (κ2) is 9.89. The van der Waals surface area contributed by atoms with Crippen molar-refractivity contribution < 1.29 is 4.74 Å². The summed E-state index contributed by atoms with van der Waals surface area (Å²) in [7, 11) is 0. The first-order valence-electron chi connectivity index (χ1n) is 11.1. The van der Waals surface area contributed by atoms with Crippen LogP contribution in [-0.4, -0.2) is 72.4 Å². The Bertz CT molecular complexity index is 1270. The van der Waals surface area contributed by atoms with Crippen LogP contribution in [0.15, 0.2) is 49.1 Å². The number of rotatable bonds is 7. The van der Waals surface area contributed by atoms with Crippen molar-refractivity contribution in [2.75, 3.05) is 43.9 Å². The van der Waals surface area contributed by atoms with E-state index >= 15 is 0 Å². The number of ether oxygens (including phenoxy) is 1. The molecule has 0 aliphatic carbocycles. The summed E-state index contributed by atoms with van der Waals surface area (Å²) in [5, 5.41) is 7.58. The SMILES string of the molecule is Cc1cccc(-c2nccc(-c3cnc(Nc4cnn(CCN5CCOCC5)c4)nc3N)n2)n1. The topological polar surface area (TPSA) is 133 Å². The number of nitrogens with one attached hydrogen (secondary N) is 1. The van der Waals surface area contributed by atoms with E-state index in [1.807, 2.05) is 36.0 Å². The van der Waals surface area contributed by atoms with Crippen molar-refractivity contribution >= 4 is 17.5 Å². The Labute approximate surface area is 197 Å². The van der Waals surface area contributed by atoms with Gasteiger partial charge >= 0.3 is 0 Å². The number of hydrogen-bond acceptors (Lipinski definition) is 10. The van der Waals surface area contributed by atoms with Crippen LogP contribution in [0, 0.1) is 6.92 Å². The second-order valence-electron chi connectivity index (χ2n) is 7.99. The number of pyridine rings is 1. The normalized spacial score (nSPS) is 14.3. The van der Waals surface area contributed by atoms with E-state index in [-0.39, 0.29) is 0 Å². The van der Waals surface area contributed by atoms with Gasteiger partial charge in [-0.1, -0.05) is 6.07 Å². The highest BCUT2D eigenvalue weighted by molar-refractivity contribution is 5.72. The molecule has 5 rings (SSSR count). The van der Waals surface area contributed by atoms with Crippen molar-refractivity contribution in [3.63, 3.8) is 0 Å². The first-order valence-corrected chi connectivity index (χ1v) is 11.1. The molecule has 1 saturated heterocycles. The molecule has 0 saturated carbocycles. The van der Waals surface area contributed by atoms with Crippen molar-refractivity contribution in [2.24, 2.45) is 0 Å². The van der Waals surface area contributed by atoms with Gasteiger partial charge < -0.3 is 15.8 Å². The van der Waals surface area contributed by atoms with Crippen LogP contribution in [0.1, 0.15) is 5.69 Å². The summed E-state index contributed by atoms with van der Waals surface area (Å²) in [5.41, 5.74) is 9.90. The largest absolute Gasteiger partial charge is 0.383 e. The molecule has 0 bridgehead atoms. The molecule has 3 N–H and O–H groups in total. The second-order valence-corrected chi connectivity index (χ2v) is 7.99. The van der Waals surface area contributed by atoms with E-state index in [2.05, 4.69) is 40.2 Å². The highest BCUT2D eigenvalue weighted by Crippen LogP contribution is 2.25. The Morgan fingerprint density at radius 1 is 1.00 bits per heavy atom. The summed E-state index contributed by atoms with van der Waals surface area (Å²) in [4.78, 5) is 24.6. The average molecular weight is 459 g/mol. The van der Waals surface area contributed by atoms with Crippen molar-refractivity contribution in [3.05, 3.63) is 54.7 Å². The van der Waals surface area contributed by atoms with E-state index in [0.29, 0.717) is 34.5 Å². The van der Waals surface area contributed by atoms with Gasteiger partial charge in [0, 0.05) is 43.9 Å². The van der Waals surface area contributed by atoms with Gasteiger partial charge in [-0.3, -0.25) is 9.58 Å². The lowest BCUT2D eigenvalue weighted by atomic mass is 10.2. The molecule has 174 valence electrons. The molecule has 34 heavy (non-hydrogen) atoms. The van der Waals surface area contributed by atoms with Gasteiger partial charge in [-0.25, -0.2) is 19.9 Å². The Kier molecular flexibility index (Phi) is 6.36. The lowest BCUT2D eigenvalue weighted by molar-refractivity contribution is 0.0360. The molecule has 4 aromatic rings. The molecule has 11 nitrogen and oxygen atoms in total. The molecule has 1 fully saturated rings. The summed E-state index contributed by atoms with van der Waals surface area (Å²) in [5.74, 6) is 1.23. The highest BCUT2D eigenvalue weighted by atomic mass is 16.5. The Morgan fingerprint density at radius 2 is 1.88 bits per heavy atom. The first-order chi connectivity index (χ1) is 16.6. The third-order valence-electron chi connectivity index (χ3n) is 5.51. The number of hydrogen-bond donors (Lipinski definition) is 2. The minimum absolute atomic E-state index is 0.319. The third-order valence-corrected chi connectivity index (χ3v) is 5.51. The minimum atomic E-state index is 0.319. The summed E-state index contributed by atoms with van der Waals surface area (Å²) in [6.07, 6.45) is 7.01. The zero-order valence-corrected chi connectivity index (χ0v) is 18.9. The quantitative estimate of drug-likeness (QED) is 0.424. The lowest BCUT2D eigenvalue weighted by Gasteiger charge is -2.26. The Morgan fingerprint density at radius 3 is 2.71 bits per heavy atom. The standard InChI is InChI=1S/C23H26N10O/c1-16-3-2-4-20(28-16)22-25-6-5-19(30-22)18-14-26-23(31-21(18)24)29-17-13-27-33(15-17)8-7-32-9-11-34-12-10-32/h2-6,13-15H,7-12H2,1H3,(H3,24,26,29,31). The van der Waals surface area contributed by atoms with E-state index < -0.39 is 0 Å². The number of nitrogen functional groups attached to an aromatic ring is 1. The highest BCUT2D eigenvalue weighted by Gasteiger charge is 2.13. The zero-order valence-electron chi connectivity index (χ0n) is 18.9. The van der Waals surface area contributed by atoms with Gasteiger partial charge in [-0.2, -0.15) is 10.1 Å². The molecule has 5 heterocycles. The van der Waals surface area contributed by atoms with Gasteiger partial charge in [0.05, 0.1) is 42.9 Å². The number of nitrogens with two attached hydrogens (primary N) is 1. The summed E-state index contributed by atoms with van der Waals surface area (Å²) in [6.45, 7) is 7.16. The molecule has 1 aliphatic rings. The predicted molar refractivity (Wildman–Crippen MR) is 128 cm³/mol. The number of morpholine rings is 1. The summed E-state index contributed by atoms with van der Waals surface area (Å²) in [6, 6.07) is 7.51. The van der Waals surface area contributed by atoms with Crippen LogP contribution >= 0.6 is 0 Å². The lowest BCUT2D eigenvalue weighted by Crippen LogP contribution is -2.38. The van der Waals surface area contributed by atoms with E-state index in [0.717, 1.165) is 50.8 Å². The monoisotopic (exact) mass is 458 g/mol. The maximum Gasteiger partial charge on any atom is 0.229 e. The fraction of sp³-hybridized carbons (Fsp3) is 0.304. The zero-order chi connectivity index (χ0) is 23.3. The van der Waals surface area contributed by atoms with Gasteiger partial charge in [-0.15, -0.1) is 0 Å². The van der Waals surface area contributed by atoms with Crippen LogP contribution in [0.3, 0.4) is 0 Å². The molecule has 0 spiro atoms. The van der Waals surface area contributed by atoms with Gasteiger partial charge in [0.15, 0.2) is 5.82 Å². The van der Waals surface area contributed by atoms with Crippen molar-refractivity contribution in [2.45, 2.75) is 13.5 Å². The van der Waals surface area contributed by atoms with Crippen molar-refractivity contribution in [3.8, 4) is 22.8 Å². The maximum atomic E-state index is 6.25. The van der Waals surface area contributed by atoms with Gasteiger partial charge in [0.2, 0.25) is 5.95 Å². The van der Waals surface area contributed by atoms with Crippen molar-refractivity contribution in [1.29, 1.82) is 0 Å². The molecule has 0 amide bonds. The molecule has 0 unspecified atom stereocenters. The molecule has 0 aromatic carbocycles. The Balaban J connectivity index is 1.26. The Hall–Kier alpha value is -3.96. The molecule has 4 aromatic heterocycles. The minimum Gasteiger partial charge on any atom is -0.383 e. The molecular weight excluding hydrogens is 432 g/mol. The van der Waals surface area contributed by atoms with Crippen LogP contribution in [0.2, 0.25) is 0 Å². The molecule has 0 atom stereocenters. The van der Waals surface area contributed by atoms with Crippen LogP contribution < -0.4 is 11.1 Å². The fourth-order valence-corrected chi connectivity index (χ4v) is 3.70. The van der Waals surface area contributed by atoms with E-state index in [1.54, 1.807) is 24.7 Å². The van der Waals surface area contributed by atoms with Crippen molar-refractivity contribution in [1.82, 2.24) is 39.6 Å². The van der Waals surface area contributed by atoms with Crippen LogP contribution in [0.4, 0.5) is 17.5 Å². The van der Waals surface area contributed by atoms with Gasteiger partial charge in [0.1, 0.15) is 11.5 Å². The summed E-state index contributed by atoms with van der Waals surface area (Å²) >= 11 is 0. The molecule has 0 radical (unpaired) electrons. The third kappa shape index (κ3) is 5.16. The number of aromatic nitrogens is 7. The van der Waals surface area contributed by atoms with E-state index in [9.17, 15) is 0 Å². The fourth-order valence-electron chi connectivity index (χ4n) is 3.70. The number of anilines is 3. The molecule has 11 heteroatoms. The number of nitrogens with zero attached hydrogens (tertiary/aromatic N) is 8. The van der Waals surface area contributed by atoms with E-state index in [1.165, 1.54) is 0 Å². The predicted octanol–water partition coefficient (Wildman–Crippen LogP) is 2.16. The van der Waals surface area contributed by atoms with Gasteiger partial charge in [-0.05, 0) is 25.1 Å². The molecular formula is C23H26N10O. The number of aryl methyl sites for hydroxylation is 1. The van der Waals surface area contributed by atoms with Crippen LogP contribution in [0.5, 0.6) is 0 Å². The van der Waals surface area contributed by atoms with E-state index in [4.69, 9.17) is 10.5 Å².